The molecule has 0 bridgehead atoms. The minimum Gasteiger partial charge on any atom is -0.320 e. The number of imidazole rings is 1. The number of nitrogens with one attached hydrogen (secondary N) is 1. The van der Waals surface area contributed by atoms with Gasteiger partial charge in [0.15, 0.2) is 11.2 Å². The molecule has 2 heterocycles. The van der Waals surface area contributed by atoms with Crippen molar-refractivity contribution in [1.29, 1.82) is 0 Å². The Morgan fingerprint density at radius 1 is 1.13 bits per heavy atom. The van der Waals surface area contributed by atoms with Crippen LogP contribution in [-0.4, -0.2) is 19.1 Å². The van der Waals surface area contributed by atoms with Crippen LogP contribution in [0.1, 0.15) is 31.7 Å². The van der Waals surface area contributed by atoms with Gasteiger partial charge in [-0.3, -0.25) is 14.3 Å². The molecule has 1 N–H and O–H groups in total. The number of aryl methyl sites for hydroxylation is 1. The first-order valence-electron chi connectivity index (χ1n) is 7.92. The van der Waals surface area contributed by atoms with Crippen LogP contribution < -0.4 is 11.2 Å². The largest absolute Gasteiger partial charge is 0.330 e. The molecule has 0 aliphatic carbocycles. The van der Waals surface area contributed by atoms with Gasteiger partial charge in [-0.2, -0.15) is 0 Å². The number of nitrogens with zero attached hydrogens (tertiary/aromatic N) is 3. The smallest absolute Gasteiger partial charge is 0.320 e. The van der Waals surface area contributed by atoms with E-state index in [4.69, 9.17) is 0 Å². The third-order valence-corrected chi connectivity index (χ3v) is 3.94. The fraction of sp³-hybridized carbons (Fsp3) is 0.353. The second kappa shape index (κ2) is 6.64. The van der Waals surface area contributed by atoms with E-state index >= 15 is 0 Å². The molecule has 6 heteroatoms. The molecule has 6 nitrogen and oxygen atoms in total. The Morgan fingerprint density at radius 3 is 2.65 bits per heavy atom. The molecule has 0 fully saturated rings. The zero-order valence-electron chi connectivity index (χ0n) is 13.2. The van der Waals surface area contributed by atoms with Gasteiger partial charge in [-0.1, -0.05) is 50.1 Å². The average molecular weight is 312 g/mol. The molecule has 3 rings (SSSR count). The van der Waals surface area contributed by atoms with Crippen molar-refractivity contribution in [3.63, 3.8) is 0 Å². The number of hydrogen-bond donors (Lipinski definition) is 1. The van der Waals surface area contributed by atoms with Crippen LogP contribution in [0.15, 0.2) is 46.2 Å². The molecule has 23 heavy (non-hydrogen) atoms. The van der Waals surface area contributed by atoms with Gasteiger partial charge in [0.1, 0.15) is 0 Å². The van der Waals surface area contributed by atoms with E-state index in [9.17, 15) is 9.59 Å². The van der Waals surface area contributed by atoms with Crippen LogP contribution in [0.4, 0.5) is 0 Å². The Balaban J connectivity index is 2.03. The predicted molar refractivity (Wildman–Crippen MR) is 89.7 cm³/mol. The number of unbranched alkanes of at least 4 members (excludes halogenated alkanes) is 2. The second-order valence-corrected chi connectivity index (χ2v) is 5.65. The number of rotatable bonds is 6. The van der Waals surface area contributed by atoms with E-state index in [1.54, 1.807) is 15.5 Å². The summed E-state index contributed by atoms with van der Waals surface area (Å²) in [6.45, 7) is 3.23. The number of fused-ring (bicyclic) bond motifs is 1. The molecule has 0 amide bonds. The third kappa shape index (κ3) is 3.11. The first-order chi connectivity index (χ1) is 11.2. The molecule has 0 spiro atoms. The van der Waals surface area contributed by atoms with Crippen LogP contribution in [0.3, 0.4) is 0 Å². The summed E-state index contributed by atoms with van der Waals surface area (Å²) in [6.07, 6.45) is 4.63. The van der Waals surface area contributed by atoms with E-state index in [-0.39, 0.29) is 11.2 Å². The van der Waals surface area contributed by atoms with Crippen molar-refractivity contribution in [3.8, 4) is 0 Å². The Morgan fingerprint density at radius 2 is 1.91 bits per heavy atom. The molecule has 0 aliphatic rings. The van der Waals surface area contributed by atoms with Crippen LogP contribution in [0.25, 0.3) is 11.2 Å². The van der Waals surface area contributed by atoms with Gasteiger partial charge in [0.2, 0.25) is 0 Å². The Kier molecular flexibility index (Phi) is 4.41. The van der Waals surface area contributed by atoms with Gasteiger partial charge >= 0.3 is 5.69 Å². The zero-order chi connectivity index (χ0) is 16.2. The molecule has 2 aromatic heterocycles. The summed E-state index contributed by atoms with van der Waals surface area (Å²) < 4.78 is 3.35. The summed E-state index contributed by atoms with van der Waals surface area (Å²) in [5.74, 6) is 0. The van der Waals surface area contributed by atoms with Crippen LogP contribution in [0.5, 0.6) is 0 Å². The van der Waals surface area contributed by atoms with Gasteiger partial charge in [0, 0.05) is 13.1 Å². The Labute approximate surface area is 133 Å². The van der Waals surface area contributed by atoms with Gasteiger partial charge in [-0.25, -0.2) is 9.78 Å². The second-order valence-electron chi connectivity index (χ2n) is 5.65. The summed E-state index contributed by atoms with van der Waals surface area (Å²) in [4.78, 5) is 31.0. The lowest BCUT2D eigenvalue weighted by Gasteiger charge is -2.07. The first kappa shape index (κ1) is 15.3. The fourth-order valence-corrected chi connectivity index (χ4v) is 2.75. The highest BCUT2D eigenvalue weighted by molar-refractivity contribution is 5.70. The van der Waals surface area contributed by atoms with E-state index in [0.717, 1.165) is 24.8 Å². The van der Waals surface area contributed by atoms with Gasteiger partial charge in [-0.05, 0) is 12.0 Å². The predicted octanol–water partition coefficient (Wildman–Crippen LogP) is 2.12. The zero-order valence-corrected chi connectivity index (χ0v) is 13.2. The summed E-state index contributed by atoms with van der Waals surface area (Å²) in [6, 6.07) is 9.86. The summed E-state index contributed by atoms with van der Waals surface area (Å²) >= 11 is 0. The summed E-state index contributed by atoms with van der Waals surface area (Å²) in [5.41, 5.74) is 1.22. The van der Waals surface area contributed by atoms with Gasteiger partial charge < -0.3 is 4.57 Å². The summed E-state index contributed by atoms with van der Waals surface area (Å²) in [5, 5.41) is 0. The van der Waals surface area contributed by atoms with Crippen LogP contribution in [-0.2, 0) is 13.1 Å². The van der Waals surface area contributed by atoms with E-state index < -0.39 is 0 Å². The molecular formula is C17H20N4O2. The minimum atomic E-state index is -0.386. The normalized spacial score (nSPS) is 11.2. The highest BCUT2D eigenvalue weighted by Crippen LogP contribution is 2.10. The molecule has 0 aliphatic heterocycles. The molecule has 3 aromatic rings. The van der Waals surface area contributed by atoms with Crippen molar-refractivity contribution >= 4 is 11.2 Å². The molecule has 0 radical (unpaired) electrons. The highest BCUT2D eigenvalue weighted by Gasteiger charge is 2.13. The van der Waals surface area contributed by atoms with E-state index in [0.29, 0.717) is 24.3 Å². The lowest BCUT2D eigenvalue weighted by atomic mass is 10.2. The molecule has 0 saturated carbocycles. The van der Waals surface area contributed by atoms with Crippen molar-refractivity contribution in [1.82, 2.24) is 19.1 Å². The number of aromatic nitrogens is 4. The van der Waals surface area contributed by atoms with Crippen LogP contribution >= 0.6 is 0 Å². The van der Waals surface area contributed by atoms with E-state index in [2.05, 4.69) is 16.9 Å². The van der Waals surface area contributed by atoms with Crippen molar-refractivity contribution < 1.29 is 0 Å². The molecule has 0 saturated heterocycles. The molecule has 120 valence electrons. The fourth-order valence-electron chi connectivity index (χ4n) is 2.75. The van der Waals surface area contributed by atoms with Crippen LogP contribution in [0, 0.1) is 0 Å². The molecule has 0 atom stereocenters. The van der Waals surface area contributed by atoms with Gasteiger partial charge in [0.25, 0.3) is 5.56 Å². The van der Waals surface area contributed by atoms with Crippen molar-refractivity contribution in [2.45, 2.75) is 39.3 Å². The minimum absolute atomic E-state index is 0.384. The number of aromatic amines is 1. The average Bonchev–Trinajstić information content (AvgIpc) is 2.95. The van der Waals surface area contributed by atoms with Crippen molar-refractivity contribution in [3.05, 3.63) is 63.1 Å². The Hall–Kier alpha value is -2.63. The van der Waals surface area contributed by atoms with E-state index in [1.165, 1.54) is 0 Å². The Bertz CT molecular complexity index is 906. The topological polar surface area (TPSA) is 72.7 Å². The molecular weight excluding hydrogens is 292 g/mol. The maximum Gasteiger partial charge on any atom is 0.330 e. The highest BCUT2D eigenvalue weighted by atomic mass is 16.2. The molecule has 1 aromatic carbocycles. The maximum atomic E-state index is 12.2. The third-order valence-electron chi connectivity index (χ3n) is 3.94. The number of H-pyrrole nitrogens is 1. The summed E-state index contributed by atoms with van der Waals surface area (Å²) in [7, 11) is 0. The van der Waals surface area contributed by atoms with Gasteiger partial charge in [0.05, 0.1) is 6.33 Å². The van der Waals surface area contributed by atoms with Crippen molar-refractivity contribution in [2.75, 3.05) is 0 Å². The number of hydrogen-bond acceptors (Lipinski definition) is 3. The first-order valence-corrected chi connectivity index (χ1v) is 7.92. The van der Waals surface area contributed by atoms with Gasteiger partial charge in [-0.15, -0.1) is 0 Å². The monoisotopic (exact) mass is 312 g/mol. The quantitative estimate of drug-likeness (QED) is 0.709. The standard InChI is InChI=1S/C17H20N4O2/c1-2-3-7-10-21-15-14(16(22)19-17(21)23)20(12-18-15)11-13-8-5-4-6-9-13/h4-6,8-9,12H,2-3,7,10-11H2,1H3,(H,19,22,23). The molecule has 0 unspecified atom stereocenters. The van der Waals surface area contributed by atoms with Crippen molar-refractivity contribution in [2.24, 2.45) is 0 Å². The van der Waals surface area contributed by atoms with Crippen LogP contribution in [0.2, 0.25) is 0 Å². The maximum absolute atomic E-state index is 12.2. The van der Waals surface area contributed by atoms with E-state index in [1.807, 2.05) is 30.3 Å². The number of benzene rings is 1. The lowest BCUT2D eigenvalue weighted by Crippen LogP contribution is -2.31. The SMILES string of the molecule is CCCCCn1c(=O)[nH]c(=O)c2c1ncn2Cc1ccccc1. The lowest BCUT2D eigenvalue weighted by molar-refractivity contribution is 0.588.